The molecule has 0 bridgehead atoms. The summed E-state index contributed by atoms with van der Waals surface area (Å²) in [6.45, 7) is 2.26. The van der Waals surface area contributed by atoms with Crippen molar-refractivity contribution in [3.8, 4) is 0 Å². The van der Waals surface area contributed by atoms with E-state index in [1.807, 2.05) is 6.92 Å². The van der Waals surface area contributed by atoms with Gasteiger partial charge in [-0.25, -0.2) is 12.7 Å². The number of rotatable bonds is 2. The van der Waals surface area contributed by atoms with Gasteiger partial charge in [0.05, 0.1) is 10.7 Å². The highest BCUT2D eigenvalue weighted by Gasteiger charge is 2.34. The number of sulfonamides is 1. The Morgan fingerprint density at radius 3 is 2.82 bits per heavy atom. The molecule has 0 aliphatic carbocycles. The number of nitrogens with one attached hydrogen (secondary N) is 1. The molecular weight excluding hydrogens is 280 g/mol. The van der Waals surface area contributed by atoms with Crippen LogP contribution in [0.5, 0.6) is 0 Å². The van der Waals surface area contributed by atoms with Gasteiger partial charge in [0.15, 0.2) is 5.11 Å². The van der Waals surface area contributed by atoms with Crippen LogP contribution in [0.15, 0.2) is 23.1 Å². The minimum Gasteiger partial charge on any atom is -0.329 e. The van der Waals surface area contributed by atoms with Crippen molar-refractivity contribution >= 4 is 44.6 Å². The van der Waals surface area contributed by atoms with Crippen LogP contribution in [0.1, 0.15) is 13.3 Å². The molecule has 92 valence electrons. The highest BCUT2D eigenvalue weighted by atomic mass is 35.5. The van der Waals surface area contributed by atoms with Crippen LogP contribution in [-0.4, -0.2) is 24.4 Å². The Labute approximate surface area is 111 Å². The highest BCUT2D eigenvalue weighted by Crippen LogP contribution is 2.35. The standard InChI is InChI=1S/C10H11ClN2O2S2/c1-2-6-13-10(16)12-9-7(11)4-3-5-8(9)17(13,14)15/h3-5H,2,6H2,1H3,(H,12,16). The first kappa shape index (κ1) is 12.6. The summed E-state index contributed by atoms with van der Waals surface area (Å²) in [6.07, 6.45) is 0.691. The smallest absolute Gasteiger partial charge is 0.268 e. The molecular formula is C10H11ClN2O2S2. The zero-order chi connectivity index (χ0) is 12.6. The number of nitrogens with zero attached hydrogens (tertiary/aromatic N) is 1. The largest absolute Gasteiger partial charge is 0.329 e. The molecule has 0 aromatic heterocycles. The van der Waals surface area contributed by atoms with Gasteiger partial charge in [-0.1, -0.05) is 24.6 Å². The number of hydrogen-bond acceptors (Lipinski definition) is 3. The molecule has 1 aromatic carbocycles. The van der Waals surface area contributed by atoms with Crippen LogP contribution < -0.4 is 5.32 Å². The summed E-state index contributed by atoms with van der Waals surface area (Å²) in [4.78, 5) is 0.173. The van der Waals surface area contributed by atoms with Gasteiger partial charge in [0.1, 0.15) is 4.90 Å². The SMILES string of the molecule is CCCN1C(=S)Nc2c(Cl)cccc2S1(=O)=O. The number of fused-ring (bicyclic) bond motifs is 1. The number of para-hydroxylation sites is 1. The summed E-state index contributed by atoms with van der Waals surface area (Å²) in [7, 11) is -3.57. The lowest BCUT2D eigenvalue weighted by atomic mass is 10.3. The first-order valence-corrected chi connectivity index (χ1v) is 7.33. The Bertz CT molecular complexity index is 572. The monoisotopic (exact) mass is 290 g/mol. The lowest BCUT2D eigenvalue weighted by molar-refractivity contribution is 0.518. The lowest BCUT2D eigenvalue weighted by Crippen LogP contribution is -2.44. The average Bonchev–Trinajstić information content (AvgIpc) is 2.26. The molecule has 2 rings (SSSR count). The Balaban J connectivity index is 2.62. The zero-order valence-corrected chi connectivity index (χ0v) is 11.5. The molecule has 17 heavy (non-hydrogen) atoms. The fraction of sp³-hybridized carbons (Fsp3) is 0.300. The van der Waals surface area contributed by atoms with E-state index in [2.05, 4.69) is 5.32 Å². The Hall–Kier alpha value is -0.850. The number of benzene rings is 1. The van der Waals surface area contributed by atoms with Crippen molar-refractivity contribution in [3.63, 3.8) is 0 Å². The quantitative estimate of drug-likeness (QED) is 0.850. The van der Waals surface area contributed by atoms with E-state index in [0.29, 0.717) is 23.7 Å². The predicted octanol–water partition coefficient (Wildman–Crippen LogP) is 2.45. The molecule has 0 amide bonds. The topological polar surface area (TPSA) is 49.4 Å². The summed E-state index contributed by atoms with van der Waals surface area (Å²) in [5, 5.41) is 3.39. The second kappa shape index (κ2) is 4.44. The van der Waals surface area contributed by atoms with Gasteiger partial charge in [0.25, 0.3) is 10.0 Å². The van der Waals surface area contributed by atoms with Gasteiger partial charge in [-0.3, -0.25) is 0 Å². The van der Waals surface area contributed by atoms with E-state index >= 15 is 0 Å². The van der Waals surface area contributed by atoms with Crippen molar-refractivity contribution in [2.75, 3.05) is 11.9 Å². The third kappa shape index (κ3) is 2.00. The van der Waals surface area contributed by atoms with Crippen LogP contribution >= 0.6 is 23.8 Å². The highest BCUT2D eigenvalue weighted by molar-refractivity contribution is 7.92. The van der Waals surface area contributed by atoms with Gasteiger partial charge in [0, 0.05) is 6.54 Å². The van der Waals surface area contributed by atoms with E-state index in [0.717, 1.165) is 0 Å². The summed E-state index contributed by atoms with van der Waals surface area (Å²) in [5.41, 5.74) is 0.367. The van der Waals surface area contributed by atoms with E-state index in [-0.39, 0.29) is 10.0 Å². The summed E-state index contributed by atoms with van der Waals surface area (Å²) in [6, 6.07) is 4.76. The predicted molar refractivity (Wildman–Crippen MR) is 71.9 cm³/mol. The summed E-state index contributed by atoms with van der Waals surface area (Å²) in [5.74, 6) is 0. The van der Waals surface area contributed by atoms with Gasteiger partial charge in [-0.2, -0.15) is 0 Å². The fourth-order valence-electron chi connectivity index (χ4n) is 1.66. The molecule has 0 saturated heterocycles. The molecule has 7 heteroatoms. The van der Waals surface area contributed by atoms with Crippen molar-refractivity contribution in [2.45, 2.75) is 18.2 Å². The number of anilines is 1. The average molecular weight is 291 g/mol. The maximum Gasteiger partial charge on any atom is 0.268 e. The van der Waals surface area contributed by atoms with Crippen LogP contribution in [-0.2, 0) is 10.0 Å². The molecule has 4 nitrogen and oxygen atoms in total. The van der Waals surface area contributed by atoms with Crippen molar-refractivity contribution < 1.29 is 8.42 Å². The minimum absolute atomic E-state index is 0.173. The third-order valence-corrected chi connectivity index (χ3v) is 5.02. The van der Waals surface area contributed by atoms with Gasteiger partial charge in [-0.05, 0) is 30.8 Å². The molecule has 1 aromatic rings. The first-order valence-electron chi connectivity index (χ1n) is 5.10. The van der Waals surface area contributed by atoms with Crippen LogP contribution in [0, 0.1) is 0 Å². The molecule has 0 saturated carbocycles. The van der Waals surface area contributed by atoms with Crippen LogP contribution in [0.25, 0.3) is 0 Å². The zero-order valence-electron chi connectivity index (χ0n) is 9.10. The van der Waals surface area contributed by atoms with Crippen molar-refractivity contribution in [3.05, 3.63) is 23.2 Å². The lowest BCUT2D eigenvalue weighted by Gasteiger charge is -2.31. The molecule has 1 aliphatic heterocycles. The van der Waals surface area contributed by atoms with E-state index in [1.165, 1.54) is 10.4 Å². The molecule has 0 fully saturated rings. The molecule has 0 spiro atoms. The summed E-state index contributed by atoms with van der Waals surface area (Å²) >= 11 is 11.0. The van der Waals surface area contributed by atoms with Crippen LogP contribution in [0.3, 0.4) is 0 Å². The van der Waals surface area contributed by atoms with Crippen molar-refractivity contribution in [1.82, 2.24) is 4.31 Å². The van der Waals surface area contributed by atoms with E-state index in [9.17, 15) is 8.42 Å². The Morgan fingerprint density at radius 2 is 2.18 bits per heavy atom. The number of halogens is 1. The van der Waals surface area contributed by atoms with Crippen LogP contribution in [0.4, 0.5) is 5.69 Å². The van der Waals surface area contributed by atoms with E-state index in [4.69, 9.17) is 23.8 Å². The van der Waals surface area contributed by atoms with E-state index in [1.54, 1.807) is 12.1 Å². The first-order chi connectivity index (χ1) is 7.98. The molecule has 1 heterocycles. The second-order valence-corrected chi connectivity index (χ2v) is 6.24. The van der Waals surface area contributed by atoms with Gasteiger partial charge >= 0.3 is 0 Å². The van der Waals surface area contributed by atoms with Gasteiger partial charge in [-0.15, -0.1) is 0 Å². The van der Waals surface area contributed by atoms with E-state index < -0.39 is 10.0 Å². The van der Waals surface area contributed by atoms with Crippen molar-refractivity contribution in [1.29, 1.82) is 0 Å². The normalized spacial score (nSPS) is 17.5. The third-order valence-electron chi connectivity index (χ3n) is 2.43. The number of thiocarbonyl (C=S) groups is 1. The maximum atomic E-state index is 12.3. The Kier molecular flexibility index (Phi) is 3.29. The maximum absolute atomic E-state index is 12.3. The molecule has 0 unspecified atom stereocenters. The number of hydrogen-bond donors (Lipinski definition) is 1. The minimum atomic E-state index is -3.57. The Morgan fingerprint density at radius 1 is 1.47 bits per heavy atom. The second-order valence-electron chi connectivity index (χ2n) is 3.62. The molecule has 0 radical (unpaired) electrons. The van der Waals surface area contributed by atoms with Crippen LogP contribution in [0.2, 0.25) is 5.02 Å². The fourth-order valence-corrected chi connectivity index (χ4v) is 4.02. The molecule has 1 aliphatic rings. The molecule has 1 N–H and O–H groups in total. The summed E-state index contributed by atoms with van der Waals surface area (Å²) < 4.78 is 25.8. The van der Waals surface area contributed by atoms with Gasteiger partial charge in [0.2, 0.25) is 0 Å². The van der Waals surface area contributed by atoms with Crippen molar-refractivity contribution in [2.24, 2.45) is 0 Å². The van der Waals surface area contributed by atoms with Gasteiger partial charge < -0.3 is 5.32 Å². The molecule has 0 atom stereocenters.